The zero-order chi connectivity index (χ0) is 30.3. The summed E-state index contributed by atoms with van der Waals surface area (Å²) >= 11 is 0. The van der Waals surface area contributed by atoms with E-state index in [1.165, 1.54) is 16.4 Å². The third kappa shape index (κ3) is 8.42. The first-order valence-corrected chi connectivity index (χ1v) is 15.5. The minimum Gasteiger partial charge on any atom is -0.454 e. The number of hydrogen-bond donors (Lipinski definition) is 3. The van der Waals surface area contributed by atoms with Gasteiger partial charge in [-0.25, -0.2) is 8.42 Å². The summed E-state index contributed by atoms with van der Waals surface area (Å²) in [6.45, 7) is 4.36. The van der Waals surface area contributed by atoms with Crippen molar-refractivity contribution in [1.82, 2.24) is 14.5 Å². The number of carbonyl (C=O) groups is 2. The maximum Gasteiger partial charge on any atom is 0.243 e. The van der Waals surface area contributed by atoms with E-state index in [1.54, 1.807) is 11.0 Å². The summed E-state index contributed by atoms with van der Waals surface area (Å²) in [6.07, 6.45) is -0.329. The fourth-order valence-corrected chi connectivity index (χ4v) is 6.75. The molecule has 2 aliphatic heterocycles. The molecule has 1 fully saturated rings. The van der Waals surface area contributed by atoms with E-state index in [0.717, 1.165) is 5.56 Å². The fraction of sp³-hybridized carbons (Fsp3) is 0.517. The largest absolute Gasteiger partial charge is 0.454 e. The first-order valence-electron chi connectivity index (χ1n) is 14.0. The summed E-state index contributed by atoms with van der Waals surface area (Å²) in [5.74, 6) is -0.224. The number of aliphatic hydroxyl groups is 1. The van der Waals surface area contributed by atoms with Crippen molar-refractivity contribution in [3.63, 3.8) is 0 Å². The van der Waals surface area contributed by atoms with Crippen LogP contribution in [0.2, 0.25) is 0 Å². The van der Waals surface area contributed by atoms with Crippen molar-refractivity contribution in [2.45, 2.75) is 49.8 Å². The van der Waals surface area contributed by atoms with Gasteiger partial charge in [-0.05, 0) is 36.5 Å². The number of aliphatic hydroxyl groups excluding tert-OH is 1. The predicted molar refractivity (Wildman–Crippen MR) is 154 cm³/mol. The number of fused-ring (bicyclic) bond motifs is 1. The van der Waals surface area contributed by atoms with Gasteiger partial charge in [0.05, 0.1) is 36.7 Å². The molecule has 42 heavy (non-hydrogen) atoms. The first kappa shape index (κ1) is 31.7. The number of nitrogens with one attached hydrogen (secondary N) is 1. The van der Waals surface area contributed by atoms with E-state index in [1.807, 2.05) is 44.2 Å². The van der Waals surface area contributed by atoms with Crippen molar-refractivity contribution in [1.29, 1.82) is 0 Å². The van der Waals surface area contributed by atoms with E-state index in [0.29, 0.717) is 31.1 Å². The normalized spacial score (nSPS) is 18.0. The van der Waals surface area contributed by atoms with Gasteiger partial charge in [-0.3, -0.25) is 14.5 Å². The van der Waals surface area contributed by atoms with Gasteiger partial charge in [-0.15, -0.1) is 0 Å². The Bertz CT molecular complexity index is 1320. The third-order valence-corrected chi connectivity index (χ3v) is 9.01. The molecule has 4 N–H and O–H groups in total. The molecule has 2 amide bonds. The zero-order valence-corrected chi connectivity index (χ0v) is 24.8. The molecule has 2 heterocycles. The number of nitrogens with two attached hydrogens (primary N) is 1. The van der Waals surface area contributed by atoms with E-state index in [9.17, 15) is 23.1 Å². The Balaban J connectivity index is 1.54. The highest BCUT2D eigenvalue weighted by atomic mass is 32.2. The Morgan fingerprint density at radius 2 is 1.81 bits per heavy atom. The summed E-state index contributed by atoms with van der Waals surface area (Å²) in [6, 6.07) is 12.8. The van der Waals surface area contributed by atoms with Crippen LogP contribution in [-0.2, 0) is 30.8 Å². The molecule has 0 radical (unpaired) electrons. The van der Waals surface area contributed by atoms with Gasteiger partial charge in [-0.2, -0.15) is 4.31 Å². The second-order valence-electron chi connectivity index (χ2n) is 11.1. The first-order chi connectivity index (χ1) is 20.0. The molecule has 0 aromatic heterocycles. The van der Waals surface area contributed by atoms with Gasteiger partial charge < -0.3 is 30.4 Å². The summed E-state index contributed by atoms with van der Waals surface area (Å²) in [7, 11) is -4.04. The number of sulfonamides is 1. The number of amides is 2. The standard InChI is InChI=1S/C29H40N4O8S/c1-20(2)14-33(42(37,38)23-8-9-26-27(13-23)41-19-40-26)15-25(34)24(12-21-6-4-3-5-7-21)31-29(36)17-32(16-28(30)35)22-10-11-39-18-22/h3-9,13,20,22,24-25,34H,10-12,14-19H2,1-2H3,(H2,30,35)(H,31,36)/t22-,24+,25-/m1/s1. The van der Waals surface area contributed by atoms with Gasteiger partial charge in [-0.1, -0.05) is 44.2 Å². The zero-order valence-electron chi connectivity index (χ0n) is 24.0. The van der Waals surface area contributed by atoms with E-state index in [-0.39, 0.29) is 56.2 Å². The molecule has 2 aromatic carbocycles. The minimum atomic E-state index is -4.04. The highest BCUT2D eigenvalue weighted by Gasteiger charge is 2.33. The van der Waals surface area contributed by atoms with Gasteiger partial charge in [0, 0.05) is 31.8 Å². The Labute approximate surface area is 246 Å². The monoisotopic (exact) mass is 604 g/mol. The van der Waals surface area contributed by atoms with Crippen molar-refractivity contribution >= 4 is 21.8 Å². The molecular weight excluding hydrogens is 564 g/mol. The Morgan fingerprint density at radius 3 is 2.48 bits per heavy atom. The number of carbonyl (C=O) groups excluding carboxylic acids is 2. The predicted octanol–water partition coefficient (Wildman–Crippen LogP) is 0.727. The smallest absolute Gasteiger partial charge is 0.243 e. The summed E-state index contributed by atoms with van der Waals surface area (Å²) in [4.78, 5) is 26.7. The van der Waals surface area contributed by atoms with Gasteiger partial charge >= 0.3 is 0 Å². The van der Waals surface area contributed by atoms with Crippen molar-refractivity contribution in [3.05, 3.63) is 54.1 Å². The molecule has 0 spiro atoms. The summed E-state index contributed by atoms with van der Waals surface area (Å²) in [5, 5.41) is 14.4. The maximum absolute atomic E-state index is 13.8. The van der Waals surface area contributed by atoms with Gasteiger partial charge in [0.1, 0.15) is 0 Å². The molecule has 0 unspecified atom stereocenters. The fourth-order valence-electron chi connectivity index (χ4n) is 5.11. The molecule has 2 aromatic rings. The number of hydrogen-bond acceptors (Lipinski definition) is 9. The molecule has 0 aliphatic carbocycles. The van der Waals surface area contributed by atoms with Gasteiger partial charge in [0.25, 0.3) is 0 Å². The molecule has 13 heteroatoms. The lowest BCUT2D eigenvalue weighted by molar-refractivity contribution is -0.126. The lowest BCUT2D eigenvalue weighted by Crippen LogP contribution is -2.54. The number of nitrogens with zero attached hydrogens (tertiary/aromatic N) is 2. The molecular formula is C29H40N4O8S. The summed E-state index contributed by atoms with van der Waals surface area (Å²) < 4.78 is 44.9. The lowest BCUT2D eigenvalue weighted by Gasteiger charge is -2.32. The number of ether oxygens (including phenoxy) is 3. The Kier molecular flexibility index (Phi) is 10.8. The molecule has 1 saturated heterocycles. The second kappa shape index (κ2) is 14.3. The van der Waals surface area contributed by atoms with Crippen LogP contribution in [0.1, 0.15) is 25.8 Å². The third-order valence-electron chi connectivity index (χ3n) is 7.18. The van der Waals surface area contributed by atoms with Crippen molar-refractivity contribution < 1.29 is 37.3 Å². The van der Waals surface area contributed by atoms with Crippen LogP contribution < -0.4 is 20.5 Å². The molecule has 0 bridgehead atoms. The number of primary amides is 1. The molecule has 0 saturated carbocycles. The second-order valence-corrected chi connectivity index (χ2v) is 13.0. The maximum atomic E-state index is 13.8. The topological polar surface area (TPSA) is 161 Å². The van der Waals surface area contributed by atoms with E-state index >= 15 is 0 Å². The molecule has 12 nitrogen and oxygen atoms in total. The Hall–Kier alpha value is -3.23. The van der Waals surface area contributed by atoms with E-state index < -0.39 is 34.0 Å². The van der Waals surface area contributed by atoms with E-state index in [2.05, 4.69) is 5.32 Å². The van der Waals surface area contributed by atoms with Crippen LogP contribution in [0.3, 0.4) is 0 Å². The average Bonchev–Trinajstić information content (AvgIpc) is 3.64. The molecule has 3 atom stereocenters. The number of benzene rings is 2. The summed E-state index contributed by atoms with van der Waals surface area (Å²) in [5.41, 5.74) is 6.29. The van der Waals surface area contributed by atoms with Crippen LogP contribution in [0.15, 0.2) is 53.4 Å². The van der Waals surface area contributed by atoms with Crippen LogP contribution in [0.4, 0.5) is 0 Å². The molecule has 2 aliphatic rings. The number of rotatable bonds is 15. The van der Waals surface area contributed by atoms with Crippen LogP contribution >= 0.6 is 0 Å². The Morgan fingerprint density at radius 1 is 1.07 bits per heavy atom. The highest BCUT2D eigenvalue weighted by molar-refractivity contribution is 7.89. The van der Waals surface area contributed by atoms with Crippen molar-refractivity contribution in [2.24, 2.45) is 11.7 Å². The minimum absolute atomic E-state index is 0.0127. The van der Waals surface area contributed by atoms with E-state index in [4.69, 9.17) is 19.9 Å². The average molecular weight is 605 g/mol. The van der Waals surface area contributed by atoms with Crippen LogP contribution in [0, 0.1) is 5.92 Å². The quantitative estimate of drug-likeness (QED) is 0.266. The van der Waals surface area contributed by atoms with Crippen LogP contribution in [0.25, 0.3) is 0 Å². The van der Waals surface area contributed by atoms with Crippen molar-refractivity contribution in [2.75, 3.05) is 46.2 Å². The van der Waals surface area contributed by atoms with Gasteiger partial charge in [0.15, 0.2) is 11.5 Å². The van der Waals surface area contributed by atoms with Gasteiger partial charge in [0.2, 0.25) is 28.6 Å². The lowest BCUT2D eigenvalue weighted by atomic mass is 10.0. The molecule has 230 valence electrons. The van der Waals surface area contributed by atoms with Crippen LogP contribution in [0.5, 0.6) is 11.5 Å². The SMILES string of the molecule is CC(C)CN(C[C@@H](O)[C@H](Cc1ccccc1)NC(=O)CN(CC(N)=O)[C@@H]1CCOC1)S(=O)(=O)c1ccc2c(c1)OCO2. The van der Waals surface area contributed by atoms with Crippen molar-refractivity contribution in [3.8, 4) is 11.5 Å². The van der Waals surface area contributed by atoms with Crippen LogP contribution in [-0.4, -0.2) is 98.9 Å². The molecule has 4 rings (SSSR count). The highest BCUT2D eigenvalue weighted by Crippen LogP contribution is 2.35.